The van der Waals surface area contributed by atoms with Crippen LogP contribution in [0.2, 0.25) is 0 Å². The number of hydrogen-bond acceptors (Lipinski definition) is 5. The number of aliphatic carboxylic acids is 1. The standard InChI is InChI=1S/C13H14N2O4/c1-2-9-5-3-4-6-10(9)18-8-11-14-12(19-15-11)7-13(16)17/h3-6H,2,7-8H2,1H3,(H,16,17). The first-order chi connectivity index (χ1) is 9.19. The molecule has 1 aromatic heterocycles. The van der Waals surface area contributed by atoms with Crippen LogP contribution in [-0.4, -0.2) is 21.2 Å². The molecule has 19 heavy (non-hydrogen) atoms. The molecule has 1 aromatic carbocycles. The van der Waals surface area contributed by atoms with Gasteiger partial charge in [-0.2, -0.15) is 4.98 Å². The number of carboxylic acid groups (broad SMARTS) is 1. The zero-order chi connectivity index (χ0) is 13.7. The maximum atomic E-state index is 10.5. The van der Waals surface area contributed by atoms with Crippen LogP contribution >= 0.6 is 0 Å². The minimum Gasteiger partial charge on any atom is -0.485 e. The van der Waals surface area contributed by atoms with E-state index in [4.69, 9.17) is 14.4 Å². The third-order valence-electron chi connectivity index (χ3n) is 2.52. The molecule has 1 heterocycles. The van der Waals surface area contributed by atoms with Gasteiger partial charge >= 0.3 is 5.97 Å². The van der Waals surface area contributed by atoms with Crippen LogP contribution in [0.3, 0.4) is 0 Å². The summed E-state index contributed by atoms with van der Waals surface area (Å²) < 4.78 is 10.4. The van der Waals surface area contributed by atoms with Gasteiger partial charge in [0.15, 0.2) is 6.61 Å². The van der Waals surface area contributed by atoms with E-state index < -0.39 is 5.97 Å². The summed E-state index contributed by atoms with van der Waals surface area (Å²) in [4.78, 5) is 14.4. The molecule has 6 heteroatoms. The first kappa shape index (κ1) is 13.1. The monoisotopic (exact) mass is 262 g/mol. The molecule has 0 radical (unpaired) electrons. The highest BCUT2D eigenvalue weighted by Gasteiger charge is 2.11. The number of aromatic nitrogens is 2. The lowest BCUT2D eigenvalue weighted by Gasteiger charge is -2.07. The van der Waals surface area contributed by atoms with Crippen LogP contribution in [0.4, 0.5) is 0 Å². The Balaban J connectivity index is 1.98. The highest BCUT2D eigenvalue weighted by atomic mass is 16.5. The summed E-state index contributed by atoms with van der Waals surface area (Å²) in [5.74, 6) is 0.180. The summed E-state index contributed by atoms with van der Waals surface area (Å²) in [7, 11) is 0. The van der Waals surface area contributed by atoms with Gasteiger partial charge in [-0.3, -0.25) is 4.79 Å². The van der Waals surface area contributed by atoms with Crippen molar-refractivity contribution in [1.82, 2.24) is 10.1 Å². The Morgan fingerprint density at radius 3 is 2.95 bits per heavy atom. The molecule has 0 aliphatic heterocycles. The second kappa shape index (κ2) is 5.99. The number of carboxylic acids is 1. The van der Waals surface area contributed by atoms with Crippen LogP contribution < -0.4 is 4.74 Å². The predicted octanol–water partition coefficient (Wildman–Crippen LogP) is 1.84. The summed E-state index contributed by atoms with van der Waals surface area (Å²) in [5.41, 5.74) is 1.09. The van der Waals surface area contributed by atoms with Gasteiger partial charge in [0.2, 0.25) is 11.7 Å². The fraction of sp³-hybridized carbons (Fsp3) is 0.308. The van der Waals surface area contributed by atoms with E-state index in [1.165, 1.54) is 0 Å². The van der Waals surface area contributed by atoms with E-state index in [-0.39, 0.29) is 18.9 Å². The SMILES string of the molecule is CCc1ccccc1OCc1noc(CC(=O)O)n1. The molecule has 0 atom stereocenters. The van der Waals surface area contributed by atoms with Crippen molar-refractivity contribution >= 4 is 5.97 Å². The van der Waals surface area contributed by atoms with Crippen LogP contribution in [0.15, 0.2) is 28.8 Å². The highest BCUT2D eigenvalue weighted by molar-refractivity contribution is 5.68. The van der Waals surface area contributed by atoms with Crippen molar-refractivity contribution < 1.29 is 19.2 Å². The van der Waals surface area contributed by atoms with E-state index >= 15 is 0 Å². The third-order valence-corrected chi connectivity index (χ3v) is 2.52. The van der Waals surface area contributed by atoms with Gasteiger partial charge < -0.3 is 14.4 Å². The summed E-state index contributed by atoms with van der Waals surface area (Å²) in [5, 5.41) is 12.3. The van der Waals surface area contributed by atoms with E-state index in [0.29, 0.717) is 5.82 Å². The summed E-state index contributed by atoms with van der Waals surface area (Å²) in [6.07, 6.45) is 0.589. The zero-order valence-electron chi connectivity index (χ0n) is 10.5. The average Bonchev–Trinajstić information content (AvgIpc) is 2.83. The molecule has 2 aromatic rings. The second-order valence-electron chi connectivity index (χ2n) is 3.92. The number of ether oxygens (including phenoxy) is 1. The fourth-order valence-corrected chi connectivity index (χ4v) is 1.63. The molecule has 0 saturated heterocycles. The van der Waals surface area contributed by atoms with Gasteiger partial charge in [-0.15, -0.1) is 0 Å². The predicted molar refractivity (Wildman–Crippen MR) is 65.8 cm³/mol. The first-order valence-corrected chi connectivity index (χ1v) is 5.93. The van der Waals surface area contributed by atoms with E-state index in [1.807, 2.05) is 31.2 Å². The Bertz CT molecular complexity index is 565. The fourth-order valence-electron chi connectivity index (χ4n) is 1.63. The molecule has 0 bridgehead atoms. The molecule has 6 nitrogen and oxygen atoms in total. The molecule has 0 aliphatic carbocycles. The highest BCUT2D eigenvalue weighted by Crippen LogP contribution is 2.19. The Kier molecular flexibility index (Phi) is 4.12. The molecule has 0 spiro atoms. The largest absolute Gasteiger partial charge is 0.485 e. The maximum Gasteiger partial charge on any atom is 0.312 e. The summed E-state index contributed by atoms with van der Waals surface area (Å²) in [6, 6.07) is 7.70. The van der Waals surface area contributed by atoms with Crippen molar-refractivity contribution in [3.63, 3.8) is 0 Å². The third kappa shape index (κ3) is 3.54. The minimum absolute atomic E-state index is 0.0786. The van der Waals surface area contributed by atoms with Crippen molar-refractivity contribution in [3.8, 4) is 5.75 Å². The number of aryl methyl sites for hydroxylation is 1. The Labute approximate surface area is 110 Å². The van der Waals surface area contributed by atoms with Gasteiger partial charge in [-0.1, -0.05) is 30.3 Å². The van der Waals surface area contributed by atoms with Gasteiger partial charge in [0.25, 0.3) is 0 Å². The van der Waals surface area contributed by atoms with E-state index in [9.17, 15) is 4.79 Å². The topological polar surface area (TPSA) is 85.5 Å². The van der Waals surface area contributed by atoms with Crippen LogP contribution in [-0.2, 0) is 24.2 Å². The van der Waals surface area contributed by atoms with Gasteiger partial charge in [0.1, 0.15) is 12.2 Å². The van der Waals surface area contributed by atoms with Gasteiger partial charge in [0.05, 0.1) is 0 Å². The van der Waals surface area contributed by atoms with Crippen molar-refractivity contribution in [2.75, 3.05) is 0 Å². The zero-order valence-corrected chi connectivity index (χ0v) is 10.5. The van der Waals surface area contributed by atoms with E-state index in [1.54, 1.807) is 0 Å². The molecule has 100 valence electrons. The summed E-state index contributed by atoms with van der Waals surface area (Å²) >= 11 is 0. The van der Waals surface area contributed by atoms with E-state index in [2.05, 4.69) is 10.1 Å². The van der Waals surface area contributed by atoms with Gasteiger partial charge in [0, 0.05) is 0 Å². The van der Waals surface area contributed by atoms with Crippen LogP contribution in [0.25, 0.3) is 0 Å². The lowest BCUT2D eigenvalue weighted by molar-refractivity contribution is -0.136. The Morgan fingerprint density at radius 1 is 1.42 bits per heavy atom. The normalized spacial score (nSPS) is 10.4. The van der Waals surface area contributed by atoms with Gasteiger partial charge in [-0.25, -0.2) is 0 Å². The first-order valence-electron chi connectivity index (χ1n) is 5.93. The number of rotatable bonds is 6. The van der Waals surface area contributed by atoms with Crippen LogP contribution in [0.1, 0.15) is 24.2 Å². The minimum atomic E-state index is -1.01. The Hall–Kier alpha value is -2.37. The molecule has 0 aliphatic rings. The van der Waals surface area contributed by atoms with Crippen molar-refractivity contribution in [2.45, 2.75) is 26.4 Å². The molecular formula is C13H14N2O4. The number of benzene rings is 1. The number of para-hydroxylation sites is 1. The maximum absolute atomic E-state index is 10.5. The molecule has 0 amide bonds. The molecule has 2 rings (SSSR count). The van der Waals surface area contributed by atoms with Crippen molar-refractivity contribution in [2.24, 2.45) is 0 Å². The molecule has 0 fully saturated rings. The van der Waals surface area contributed by atoms with Crippen LogP contribution in [0, 0.1) is 0 Å². The quantitative estimate of drug-likeness (QED) is 0.854. The molecule has 0 unspecified atom stereocenters. The lowest BCUT2D eigenvalue weighted by atomic mass is 10.1. The average molecular weight is 262 g/mol. The number of carbonyl (C=O) groups is 1. The number of hydrogen-bond donors (Lipinski definition) is 1. The lowest BCUT2D eigenvalue weighted by Crippen LogP contribution is -2.02. The van der Waals surface area contributed by atoms with E-state index in [0.717, 1.165) is 17.7 Å². The van der Waals surface area contributed by atoms with Crippen LogP contribution in [0.5, 0.6) is 5.75 Å². The van der Waals surface area contributed by atoms with Gasteiger partial charge in [-0.05, 0) is 18.1 Å². The van der Waals surface area contributed by atoms with Crippen molar-refractivity contribution in [3.05, 3.63) is 41.5 Å². The molecule has 0 saturated carbocycles. The summed E-state index contributed by atoms with van der Waals surface area (Å²) in [6.45, 7) is 2.20. The molecular weight excluding hydrogens is 248 g/mol. The smallest absolute Gasteiger partial charge is 0.312 e. The number of nitrogens with zero attached hydrogens (tertiary/aromatic N) is 2. The Morgan fingerprint density at radius 2 is 2.21 bits per heavy atom. The van der Waals surface area contributed by atoms with Crippen molar-refractivity contribution in [1.29, 1.82) is 0 Å². The molecule has 1 N–H and O–H groups in total. The second-order valence-corrected chi connectivity index (χ2v) is 3.92.